The van der Waals surface area contributed by atoms with Crippen LogP contribution < -0.4 is 0 Å². The Morgan fingerprint density at radius 2 is 2.62 bits per heavy atom. The molecule has 1 aliphatic heterocycles. The van der Waals surface area contributed by atoms with E-state index in [-0.39, 0.29) is 0 Å². The van der Waals surface area contributed by atoms with Gasteiger partial charge in [0.2, 0.25) is 0 Å². The van der Waals surface area contributed by atoms with Gasteiger partial charge in [-0.1, -0.05) is 15.9 Å². The summed E-state index contributed by atoms with van der Waals surface area (Å²) >= 11 is 5.30. The summed E-state index contributed by atoms with van der Waals surface area (Å²) in [5, 5.41) is 1.15. The largest absolute Gasteiger partial charge is 0.298 e. The number of aromatic nitrogens is 1. The van der Waals surface area contributed by atoms with Crippen LogP contribution in [0.3, 0.4) is 0 Å². The number of likely N-dealkylation sites (tertiary alicyclic amines) is 1. The number of rotatable bonds is 3. The first-order valence-electron chi connectivity index (χ1n) is 4.54. The Morgan fingerprint density at radius 3 is 3.23 bits per heavy atom. The lowest BCUT2D eigenvalue weighted by Crippen LogP contribution is -2.19. The van der Waals surface area contributed by atoms with Crippen molar-refractivity contribution in [2.45, 2.75) is 13.0 Å². The van der Waals surface area contributed by atoms with Crippen molar-refractivity contribution >= 4 is 27.3 Å². The Balaban J connectivity index is 1.84. The van der Waals surface area contributed by atoms with E-state index in [1.807, 2.05) is 11.7 Å². The Hall–Kier alpha value is 0.0700. The van der Waals surface area contributed by atoms with Crippen molar-refractivity contribution in [3.63, 3.8) is 0 Å². The van der Waals surface area contributed by atoms with E-state index >= 15 is 0 Å². The second-order valence-electron chi connectivity index (χ2n) is 3.51. The summed E-state index contributed by atoms with van der Waals surface area (Å²) in [5.41, 5.74) is 1.91. The van der Waals surface area contributed by atoms with Crippen LogP contribution in [0.1, 0.15) is 11.3 Å². The Labute approximate surface area is 91.1 Å². The van der Waals surface area contributed by atoms with E-state index in [2.05, 4.69) is 25.8 Å². The minimum absolute atomic E-state index is 0.855. The predicted octanol–water partition coefficient (Wildman–Crippen LogP) is 2.36. The molecule has 1 aromatic rings. The van der Waals surface area contributed by atoms with Gasteiger partial charge in [0.1, 0.15) is 0 Å². The standard InChI is InChI=1S/C9H13BrN2S/c10-3-8-1-2-12(5-8)6-9-4-11-7-13-9/h4,7-8H,1-3,5-6H2. The van der Waals surface area contributed by atoms with Crippen molar-refractivity contribution in [1.82, 2.24) is 9.88 Å². The number of alkyl halides is 1. The van der Waals surface area contributed by atoms with Crippen LogP contribution in [-0.2, 0) is 6.54 Å². The highest BCUT2D eigenvalue weighted by molar-refractivity contribution is 9.09. The number of halogens is 1. The van der Waals surface area contributed by atoms with Crippen LogP contribution in [0.5, 0.6) is 0 Å². The monoisotopic (exact) mass is 260 g/mol. The topological polar surface area (TPSA) is 16.1 Å². The number of hydrogen-bond donors (Lipinski definition) is 0. The number of nitrogens with zero attached hydrogens (tertiary/aromatic N) is 2. The summed E-state index contributed by atoms with van der Waals surface area (Å²) < 4.78 is 0. The first-order chi connectivity index (χ1) is 6.38. The third-order valence-corrected chi connectivity index (χ3v) is 4.13. The molecule has 0 saturated carbocycles. The summed E-state index contributed by atoms with van der Waals surface area (Å²) in [5.74, 6) is 0.855. The molecule has 2 nitrogen and oxygen atoms in total. The molecule has 2 heterocycles. The first kappa shape index (κ1) is 9.62. The Kier molecular flexibility index (Phi) is 3.35. The average Bonchev–Trinajstić information content (AvgIpc) is 2.76. The van der Waals surface area contributed by atoms with Gasteiger partial charge in [0, 0.05) is 29.5 Å². The third kappa shape index (κ3) is 2.51. The highest BCUT2D eigenvalue weighted by atomic mass is 79.9. The fraction of sp³-hybridized carbons (Fsp3) is 0.667. The van der Waals surface area contributed by atoms with Crippen LogP contribution in [0.4, 0.5) is 0 Å². The summed E-state index contributed by atoms with van der Waals surface area (Å²) in [7, 11) is 0. The van der Waals surface area contributed by atoms with Crippen LogP contribution in [0.25, 0.3) is 0 Å². The lowest BCUT2D eigenvalue weighted by molar-refractivity contribution is 0.324. The maximum absolute atomic E-state index is 4.09. The summed E-state index contributed by atoms with van der Waals surface area (Å²) in [6.07, 6.45) is 3.32. The van der Waals surface area contributed by atoms with Gasteiger partial charge in [-0.15, -0.1) is 11.3 Å². The Bertz CT molecular complexity index is 250. The highest BCUT2D eigenvalue weighted by Crippen LogP contribution is 2.20. The van der Waals surface area contributed by atoms with Gasteiger partial charge in [0.15, 0.2) is 0 Å². The molecule has 1 saturated heterocycles. The van der Waals surface area contributed by atoms with E-state index < -0.39 is 0 Å². The van der Waals surface area contributed by atoms with Gasteiger partial charge in [-0.25, -0.2) is 0 Å². The molecule has 1 unspecified atom stereocenters. The lowest BCUT2D eigenvalue weighted by atomic mass is 10.2. The van der Waals surface area contributed by atoms with Crippen molar-refractivity contribution in [2.24, 2.45) is 5.92 Å². The molecule has 0 N–H and O–H groups in total. The maximum atomic E-state index is 4.09. The zero-order valence-corrected chi connectivity index (χ0v) is 9.85. The third-order valence-electron chi connectivity index (χ3n) is 2.45. The molecule has 72 valence electrons. The van der Waals surface area contributed by atoms with Crippen molar-refractivity contribution in [1.29, 1.82) is 0 Å². The summed E-state index contributed by atoms with van der Waals surface area (Å²) in [4.78, 5) is 7.98. The SMILES string of the molecule is BrCC1CCN(Cc2cncs2)C1. The van der Waals surface area contributed by atoms with Crippen LogP contribution in [-0.4, -0.2) is 28.3 Å². The van der Waals surface area contributed by atoms with Gasteiger partial charge in [0.05, 0.1) is 5.51 Å². The van der Waals surface area contributed by atoms with Gasteiger partial charge >= 0.3 is 0 Å². The highest BCUT2D eigenvalue weighted by Gasteiger charge is 2.21. The Morgan fingerprint density at radius 1 is 1.69 bits per heavy atom. The van der Waals surface area contributed by atoms with Gasteiger partial charge in [-0.2, -0.15) is 0 Å². The molecule has 1 aliphatic rings. The van der Waals surface area contributed by atoms with Gasteiger partial charge in [-0.05, 0) is 18.9 Å². The lowest BCUT2D eigenvalue weighted by Gasteiger charge is -2.13. The van der Waals surface area contributed by atoms with Crippen molar-refractivity contribution in [2.75, 3.05) is 18.4 Å². The summed E-state index contributed by atoms with van der Waals surface area (Å²) in [6, 6.07) is 0. The summed E-state index contributed by atoms with van der Waals surface area (Å²) in [6.45, 7) is 3.57. The number of thiazole rings is 1. The number of hydrogen-bond acceptors (Lipinski definition) is 3. The molecule has 4 heteroatoms. The minimum atomic E-state index is 0.855. The van der Waals surface area contributed by atoms with E-state index in [1.54, 1.807) is 11.3 Å². The molecule has 1 fully saturated rings. The maximum Gasteiger partial charge on any atom is 0.0794 e. The van der Waals surface area contributed by atoms with E-state index in [4.69, 9.17) is 0 Å². The molecule has 13 heavy (non-hydrogen) atoms. The van der Waals surface area contributed by atoms with Crippen molar-refractivity contribution in [3.05, 3.63) is 16.6 Å². The zero-order valence-electron chi connectivity index (χ0n) is 7.45. The van der Waals surface area contributed by atoms with E-state index in [0.717, 1.165) is 17.8 Å². The molecule has 0 bridgehead atoms. The van der Waals surface area contributed by atoms with E-state index in [0.29, 0.717) is 0 Å². The molecular formula is C9H13BrN2S. The second kappa shape index (κ2) is 4.53. The molecule has 0 radical (unpaired) electrons. The average molecular weight is 261 g/mol. The van der Waals surface area contributed by atoms with E-state index in [1.165, 1.54) is 24.4 Å². The smallest absolute Gasteiger partial charge is 0.0794 e. The van der Waals surface area contributed by atoms with Crippen LogP contribution in [0, 0.1) is 5.92 Å². The molecule has 0 spiro atoms. The second-order valence-corrected chi connectivity index (χ2v) is 5.13. The van der Waals surface area contributed by atoms with Gasteiger partial charge in [-0.3, -0.25) is 9.88 Å². The quantitative estimate of drug-likeness (QED) is 0.776. The molecule has 0 amide bonds. The van der Waals surface area contributed by atoms with Crippen LogP contribution in [0.2, 0.25) is 0 Å². The molecular weight excluding hydrogens is 248 g/mol. The molecule has 0 aliphatic carbocycles. The predicted molar refractivity (Wildman–Crippen MR) is 59.3 cm³/mol. The fourth-order valence-electron chi connectivity index (χ4n) is 1.72. The molecule has 1 atom stereocenters. The normalized spacial score (nSPS) is 23.9. The zero-order chi connectivity index (χ0) is 9.10. The molecule has 0 aromatic carbocycles. The van der Waals surface area contributed by atoms with Gasteiger partial charge < -0.3 is 0 Å². The molecule has 1 aromatic heterocycles. The first-order valence-corrected chi connectivity index (χ1v) is 6.54. The van der Waals surface area contributed by atoms with Crippen molar-refractivity contribution in [3.8, 4) is 0 Å². The van der Waals surface area contributed by atoms with Crippen molar-refractivity contribution < 1.29 is 0 Å². The molecule has 2 rings (SSSR count). The van der Waals surface area contributed by atoms with E-state index in [9.17, 15) is 0 Å². The van der Waals surface area contributed by atoms with Crippen LogP contribution in [0.15, 0.2) is 11.7 Å². The van der Waals surface area contributed by atoms with Crippen LogP contribution >= 0.6 is 27.3 Å². The minimum Gasteiger partial charge on any atom is -0.298 e. The van der Waals surface area contributed by atoms with Gasteiger partial charge in [0.25, 0.3) is 0 Å². The fourth-order valence-corrected chi connectivity index (χ4v) is 2.89.